The molecular formula is C9H16INO3. The molecule has 14 heavy (non-hydrogen) atoms. The molecule has 0 aromatic rings. The van der Waals surface area contributed by atoms with Gasteiger partial charge in [0.25, 0.3) is 0 Å². The van der Waals surface area contributed by atoms with E-state index in [0.717, 1.165) is 6.42 Å². The molecule has 1 heterocycles. The summed E-state index contributed by atoms with van der Waals surface area (Å²) in [5.41, 5.74) is -0.0374. The Morgan fingerprint density at radius 3 is 2.79 bits per heavy atom. The van der Waals surface area contributed by atoms with Crippen LogP contribution in [0.2, 0.25) is 0 Å². The quantitative estimate of drug-likeness (QED) is 0.773. The van der Waals surface area contributed by atoms with Crippen LogP contribution >= 0.6 is 23.0 Å². The number of hydrogen-bond donors (Lipinski definition) is 1. The summed E-state index contributed by atoms with van der Waals surface area (Å²) in [5.74, 6) is -0.190. The van der Waals surface area contributed by atoms with Crippen LogP contribution in [0, 0.1) is 5.41 Å². The molecule has 0 aromatic carbocycles. The predicted octanol–water partition coefficient (Wildman–Crippen LogP) is 0.972. The van der Waals surface area contributed by atoms with E-state index >= 15 is 0 Å². The van der Waals surface area contributed by atoms with Gasteiger partial charge in [-0.15, -0.1) is 0 Å². The highest BCUT2D eigenvalue weighted by molar-refractivity contribution is 14.1. The fourth-order valence-electron chi connectivity index (χ4n) is 1.81. The topological polar surface area (TPSA) is 49.8 Å². The lowest BCUT2D eigenvalue weighted by Gasteiger charge is -2.42. The minimum absolute atomic E-state index is 0.0374. The van der Waals surface area contributed by atoms with Crippen molar-refractivity contribution in [2.24, 2.45) is 5.41 Å². The van der Waals surface area contributed by atoms with Gasteiger partial charge in [-0.25, -0.2) is 0 Å². The first-order valence-electron chi connectivity index (χ1n) is 4.67. The molecule has 0 spiro atoms. The molecule has 5 heteroatoms. The highest BCUT2D eigenvalue weighted by atomic mass is 127. The number of amides is 1. The van der Waals surface area contributed by atoms with Crippen molar-refractivity contribution < 1.29 is 13.0 Å². The lowest BCUT2D eigenvalue weighted by molar-refractivity contribution is -0.139. The number of piperidine rings is 1. The Kier molecular flexibility index (Phi) is 4.15. The number of halogens is 1. The number of likely N-dealkylation sites (tertiary alicyclic amines) is 1. The third kappa shape index (κ3) is 2.58. The monoisotopic (exact) mass is 313 g/mol. The summed E-state index contributed by atoms with van der Waals surface area (Å²) in [6, 6.07) is 0. The lowest BCUT2D eigenvalue weighted by atomic mass is 9.81. The van der Waals surface area contributed by atoms with Gasteiger partial charge >= 0.3 is 0 Å². The van der Waals surface area contributed by atoms with Gasteiger partial charge in [0.1, 0.15) is 29.6 Å². The van der Waals surface area contributed by atoms with E-state index in [-0.39, 0.29) is 17.4 Å². The highest BCUT2D eigenvalue weighted by Gasteiger charge is 2.37. The Morgan fingerprint density at radius 1 is 1.71 bits per heavy atom. The smallest absolute Gasteiger partial charge is 0.248 e. The van der Waals surface area contributed by atoms with Crippen LogP contribution in [0.15, 0.2) is 0 Å². The third-order valence-corrected chi connectivity index (χ3v) is 3.34. The molecule has 1 saturated heterocycles. The van der Waals surface area contributed by atoms with Crippen LogP contribution in [-0.4, -0.2) is 41.7 Å². The Labute approximate surface area is 98.3 Å². The number of aliphatic hydroxyl groups is 1. The SMILES string of the molecule is CC1(C)CN(C(=O)CO)CC[C@H]1OI. The number of aliphatic hydroxyl groups excluding tert-OH is 1. The molecule has 0 aromatic heterocycles. The van der Waals surface area contributed by atoms with Crippen molar-refractivity contribution in [2.75, 3.05) is 19.7 Å². The minimum atomic E-state index is -0.397. The van der Waals surface area contributed by atoms with E-state index in [0.29, 0.717) is 13.1 Å². The van der Waals surface area contributed by atoms with Gasteiger partial charge in [-0.2, -0.15) is 0 Å². The van der Waals surface area contributed by atoms with E-state index < -0.39 is 6.61 Å². The third-order valence-electron chi connectivity index (χ3n) is 2.73. The largest absolute Gasteiger partial charge is 0.387 e. The molecule has 1 amide bonds. The van der Waals surface area contributed by atoms with Crippen molar-refractivity contribution in [1.82, 2.24) is 4.90 Å². The number of nitrogens with zero attached hydrogens (tertiary/aromatic N) is 1. The van der Waals surface area contributed by atoms with E-state index in [1.54, 1.807) is 4.90 Å². The van der Waals surface area contributed by atoms with Crippen molar-refractivity contribution in [3.63, 3.8) is 0 Å². The molecular weight excluding hydrogens is 297 g/mol. The summed E-state index contributed by atoms with van der Waals surface area (Å²) in [4.78, 5) is 13.0. The second-order valence-electron chi connectivity index (χ2n) is 4.33. The van der Waals surface area contributed by atoms with Crippen molar-refractivity contribution in [3.05, 3.63) is 0 Å². The molecule has 1 rings (SSSR count). The van der Waals surface area contributed by atoms with Gasteiger partial charge in [-0.3, -0.25) is 4.79 Å². The van der Waals surface area contributed by atoms with Crippen LogP contribution in [0.5, 0.6) is 0 Å². The summed E-state index contributed by atoms with van der Waals surface area (Å²) < 4.78 is 5.34. The lowest BCUT2D eigenvalue weighted by Crippen LogP contribution is -2.51. The zero-order chi connectivity index (χ0) is 10.8. The summed E-state index contributed by atoms with van der Waals surface area (Å²) >= 11 is 1.91. The molecule has 0 unspecified atom stereocenters. The van der Waals surface area contributed by atoms with Crippen LogP contribution in [0.3, 0.4) is 0 Å². The van der Waals surface area contributed by atoms with E-state index in [1.165, 1.54) is 0 Å². The standard InChI is InChI=1S/C9H16INO3/c1-9(2)6-11(8(13)5-12)4-3-7(9)14-10/h7,12H,3-6H2,1-2H3/t7-/m1/s1. The second kappa shape index (κ2) is 4.76. The molecule has 0 aliphatic carbocycles. The van der Waals surface area contributed by atoms with Crippen LogP contribution in [0.1, 0.15) is 20.3 Å². The van der Waals surface area contributed by atoms with E-state index in [4.69, 9.17) is 8.17 Å². The van der Waals surface area contributed by atoms with Crippen molar-refractivity contribution >= 4 is 28.9 Å². The van der Waals surface area contributed by atoms with Crippen molar-refractivity contribution in [3.8, 4) is 0 Å². The average Bonchev–Trinajstić information content (AvgIpc) is 2.15. The van der Waals surface area contributed by atoms with Crippen molar-refractivity contribution in [1.29, 1.82) is 0 Å². The van der Waals surface area contributed by atoms with E-state index in [2.05, 4.69) is 13.8 Å². The van der Waals surface area contributed by atoms with Gasteiger partial charge in [0.2, 0.25) is 5.91 Å². The van der Waals surface area contributed by atoms with Gasteiger partial charge in [0.05, 0.1) is 6.10 Å². The first-order valence-corrected chi connectivity index (χ1v) is 5.55. The minimum Gasteiger partial charge on any atom is -0.387 e. The van der Waals surface area contributed by atoms with E-state index in [9.17, 15) is 4.79 Å². The molecule has 1 aliphatic heterocycles. The zero-order valence-corrected chi connectivity index (χ0v) is 10.7. The van der Waals surface area contributed by atoms with Crippen LogP contribution in [0.4, 0.5) is 0 Å². The van der Waals surface area contributed by atoms with Crippen LogP contribution in [0.25, 0.3) is 0 Å². The Hall–Kier alpha value is 0.120. The molecule has 82 valence electrons. The summed E-state index contributed by atoms with van der Waals surface area (Å²) in [6.07, 6.45) is 1.02. The fourth-order valence-corrected chi connectivity index (χ4v) is 2.76. The van der Waals surface area contributed by atoms with E-state index in [1.807, 2.05) is 23.0 Å². The molecule has 1 N–H and O–H groups in total. The van der Waals surface area contributed by atoms with Gasteiger partial charge in [-0.1, -0.05) is 13.8 Å². The molecule has 0 saturated carbocycles. The first-order chi connectivity index (χ1) is 6.51. The molecule has 1 atom stereocenters. The Morgan fingerprint density at radius 2 is 2.36 bits per heavy atom. The molecule has 1 fully saturated rings. The van der Waals surface area contributed by atoms with Gasteiger partial charge < -0.3 is 13.1 Å². The number of carbonyl (C=O) groups excluding carboxylic acids is 1. The normalized spacial score (nSPS) is 26.3. The first kappa shape index (κ1) is 12.2. The Balaban J connectivity index is 2.62. The summed E-state index contributed by atoms with van der Waals surface area (Å²) in [5, 5.41) is 8.76. The van der Waals surface area contributed by atoms with Crippen LogP contribution < -0.4 is 0 Å². The fraction of sp³-hybridized carbons (Fsp3) is 0.889. The second-order valence-corrected chi connectivity index (χ2v) is 4.84. The summed E-state index contributed by atoms with van der Waals surface area (Å²) in [7, 11) is 0. The van der Waals surface area contributed by atoms with Crippen LogP contribution in [-0.2, 0) is 7.86 Å². The average molecular weight is 313 g/mol. The number of rotatable bonds is 2. The highest BCUT2D eigenvalue weighted by Crippen LogP contribution is 2.32. The number of carbonyl (C=O) groups is 1. The molecule has 0 radical (unpaired) electrons. The maximum absolute atomic E-state index is 11.3. The molecule has 1 aliphatic rings. The molecule has 4 nitrogen and oxygen atoms in total. The Bertz CT molecular complexity index is 220. The zero-order valence-electron chi connectivity index (χ0n) is 8.49. The summed E-state index contributed by atoms with van der Waals surface area (Å²) in [6.45, 7) is 5.09. The van der Waals surface area contributed by atoms with Gasteiger partial charge in [0, 0.05) is 18.5 Å². The van der Waals surface area contributed by atoms with Crippen molar-refractivity contribution in [2.45, 2.75) is 26.4 Å². The van der Waals surface area contributed by atoms with Gasteiger partial charge in [-0.05, 0) is 6.42 Å². The maximum atomic E-state index is 11.3. The predicted molar refractivity (Wildman–Crippen MR) is 61.0 cm³/mol. The molecule has 0 bridgehead atoms. The van der Waals surface area contributed by atoms with Gasteiger partial charge in [0.15, 0.2) is 0 Å². The number of hydrogen-bond acceptors (Lipinski definition) is 3. The maximum Gasteiger partial charge on any atom is 0.248 e.